The molecule has 0 aliphatic carbocycles. The lowest BCUT2D eigenvalue weighted by molar-refractivity contribution is 0.815. The van der Waals surface area contributed by atoms with Crippen LogP contribution in [0.25, 0.3) is 26.1 Å². The van der Waals surface area contributed by atoms with E-state index < -0.39 is 0 Å². The topological polar surface area (TPSA) is 47.8 Å². The molecule has 2 heterocycles. The van der Waals surface area contributed by atoms with Crippen molar-refractivity contribution in [3.8, 4) is 5.13 Å². The highest BCUT2D eigenvalue weighted by atomic mass is 32.1. The summed E-state index contributed by atoms with van der Waals surface area (Å²) in [4.78, 5) is 17.3. The maximum Gasteiger partial charge on any atom is 0.281 e. The van der Waals surface area contributed by atoms with Crippen molar-refractivity contribution in [2.75, 3.05) is 0 Å². The predicted octanol–water partition coefficient (Wildman–Crippen LogP) is 3.61. The van der Waals surface area contributed by atoms with Gasteiger partial charge in [-0.05, 0) is 31.0 Å². The third-order valence-electron chi connectivity index (χ3n) is 3.81. The molecule has 108 valence electrons. The first-order valence-corrected chi connectivity index (χ1v) is 7.81. The minimum atomic E-state index is -0.132. The number of fused-ring (bicyclic) bond motifs is 2. The number of benzene rings is 2. The number of rotatable bonds is 1. The van der Waals surface area contributed by atoms with Crippen LogP contribution in [0.4, 0.5) is 0 Å². The first-order valence-electron chi connectivity index (χ1n) is 6.99. The molecule has 0 saturated heterocycles. The number of hydrogen-bond donors (Lipinski definition) is 0. The molecule has 0 atom stereocenters. The van der Waals surface area contributed by atoms with Gasteiger partial charge < -0.3 is 0 Å². The quantitative estimate of drug-likeness (QED) is 0.540. The van der Waals surface area contributed by atoms with Gasteiger partial charge in [0.1, 0.15) is 0 Å². The minimum absolute atomic E-state index is 0.132. The first-order chi connectivity index (χ1) is 10.6. The zero-order valence-electron chi connectivity index (χ0n) is 12.2. The van der Waals surface area contributed by atoms with Crippen molar-refractivity contribution in [3.05, 3.63) is 64.1 Å². The van der Waals surface area contributed by atoms with Crippen molar-refractivity contribution in [2.45, 2.75) is 13.8 Å². The molecular weight excluding hydrogens is 294 g/mol. The molecule has 0 aliphatic rings. The summed E-state index contributed by atoms with van der Waals surface area (Å²) >= 11 is 1.50. The molecule has 0 amide bonds. The highest BCUT2D eigenvalue weighted by Crippen LogP contribution is 2.29. The average Bonchev–Trinajstić information content (AvgIpc) is 2.98. The zero-order valence-corrected chi connectivity index (χ0v) is 13.0. The van der Waals surface area contributed by atoms with E-state index in [0.29, 0.717) is 10.5 Å². The van der Waals surface area contributed by atoms with Crippen molar-refractivity contribution >= 4 is 32.3 Å². The molecule has 0 bridgehead atoms. The Labute approximate surface area is 130 Å². The molecule has 5 heteroatoms. The maximum atomic E-state index is 12.6. The molecule has 4 aromatic rings. The van der Waals surface area contributed by atoms with Gasteiger partial charge in [-0.1, -0.05) is 41.7 Å². The Morgan fingerprint density at radius 2 is 1.82 bits per heavy atom. The van der Waals surface area contributed by atoms with Gasteiger partial charge in [0.25, 0.3) is 5.56 Å². The van der Waals surface area contributed by atoms with Gasteiger partial charge >= 0.3 is 0 Å². The molecule has 0 unspecified atom stereocenters. The molecule has 0 fully saturated rings. The first kappa shape index (κ1) is 13.2. The second-order valence-corrected chi connectivity index (χ2v) is 6.30. The molecular formula is C17H13N3OS. The second-order valence-electron chi connectivity index (χ2n) is 5.32. The van der Waals surface area contributed by atoms with E-state index in [1.807, 2.05) is 31.2 Å². The van der Waals surface area contributed by atoms with Gasteiger partial charge in [0.05, 0.1) is 21.8 Å². The Morgan fingerprint density at radius 3 is 2.64 bits per heavy atom. The van der Waals surface area contributed by atoms with Gasteiger partial charge in [-0.25, -0.2) is 4.98 Å². The van der Waals surface area contributed by atoms with Gasteiger partial charge in [-0.3, -0.25) is 4.79 Å². The largest absolute Gasteiger partial charge is 0.281 e. The number of thiazole rings is 1. The summed E-state index contributed by atoms with van der Waals surface area (Å²) in [5, 5.41) is 6.40. The van der Waals surface area contributed by atoms with Gasteiger partial charge in [-0.15, -0.1) is 0 Å². The molecule has 2 aromatic carbocycles. The maximum absolute atomic E-state index is 12.6. The van der Waals surface area contributed by atoms with Crippen LogP contribution in [0, 0.1) is 13.8 Å². The normalized spacial score (nSPS) is 11.4. The van der Waals surface area contributed by atoms with E-state index in [4.69, 9.17) is 0 Å². The Morgan fingerprint density at radius 1 is 1.05 bits per heavy atom. The molecule has 4 nitrogen and oxygen atoms in total. The van der Waals surface area contributed by atoms with Crippen LogP contribution in [-0.4, -0.2) is 14.8 Å². The third kappa shape index (κ3) is 1.86. The third-order valence-corrected chi connectivity index (χ3v) is 4.97. The van der Waals surface area contributed by atoms with E-state index in [1.165, 1.54) is 16.0 Å². The number of hydrogen-bond acceptors (Lipinski definition) is 4. The van der Waals surface area contributed by atoms with E-state index >= 15 is 0 Å². The van der Waals surface area contributed by atoms with Crippen LogP contribution in [0.3, 0.4) is 0 Å². The van der Waals surface area contributed by atoms with Crippen LogP contribution >= 0.6 is 11.3 Å². The number of aromatic nitrogens is 3. The summed E-state index contributed by atoms with van der Waals surface area (Å²) in [5.41, 5.74) is 3.09. The van der Waals surface area contributed by atoms with Crippen molar-refractivity contribution in [1.29, 1.82) is 0 Å². The summed E-state index contributed by atoms with van der Waals surface area (Å²) in [6.45, 7) is 4.09. The highest BCUT2D eigenvalue weighted by Gasteiger charge is 2.13. The summed E-state index contributed by atoms with van der Waals surface area (Å²) in [6.07, 6.45) is 1.71. The van der Waals surface area contributed by atoms with Gasteiger partial charge in [0.15, 0.2) is 0 Å². The smallest absolute Gasteiger partial charge is 0.267 e. The molecule has 22 heavy (non-hydrogen) atoms. The van der Waals surface area contributed by atoms with E-state index in [9.17, 15) is 4.79 Å². The summed E-state index contributed by atoms with van der Waals surface area (Å²) in [7, 11) is 0. The zero-order chi connectivity index (χ0) is 15.3. The number of aryl methyl sites for hydroxylation is 2. The van der Waals surface area contributed by atoms with Crippen LogP contribution in [-0.2, 0) is 0 Å². The van der Waals surface area contributed by atoms with Crippen molar-refractivity contribution in [1.82, 2.24) is 14.8 Å². The Balaban J connectivity index is 2.03. The van der Waals surface area contributed by atoms with Crippen LogP contribution in [0.1, 0.15) is 11.1 Å². The number of nitrogens with zero attached hydrogens (tertiary/aromatic N) is 3. The summed E-state index contributed by atoms with van der Waals surface area (Å²) in [5.74, 6) is 0. The lowest BCUT2D eigenvalue weighted by atomic mass is 10.1. The van der Waals surface area contributed by atoms with Gasteiger partial charge in [0, 0.05) is 5.39 Å². The molecule has 0 aliphatic heterocycles. The highest BCUT2D eigenvalue weighted by molar-refractivity contribution is 7.21. The summed E-state index contributed by atoms with van der Waals surface area (Å²) in [6, 6.07) is 11.6. The van der Waals surface area contributed by atoms with Crippen LogP contribution < -0.4 is 5.56 Å². The lowest BCUT2D eigenvalue weighted by Crippen LogP contribution is -2.20. The Kier molecular flexibility index (Phi) is 2.84. The van der Waals surface area contributed by atoms with Crippen molar-refractivity contribution in [3.63, 3.8) is 0 Å². The Bertz CT molecular complexity index is 1040. The van der Waals surface area contributed by atoms with E-state index in [1.54, 1.807) is 6.20 Å². The van der Waals surface area contributed by atoms with Crippen molar-refractivity contribution < 1.29 is 0 Å². The minimum Gasteiger partial charge on any atom is -0.267 e. The van der Waals surface area contributed by atoms with Crippen LogP contribution in [0.2, 0.25) is 0 Å². The molecule has 4 rings (SSSR count). The summed E-state index contributed by atoms with van der Waals surface area (Å²) < 4.78 is 2.50. The fraction of sp³-hybridized carbons (Fsp3) is 0.118. The van der Waals surface area contributed by atoms with E-state index in [-0.39, 0.29) is 5.56 Å². The van der Waals surface area contributed by atoms with E-state index in [0.717, 1.165) is 26.7 Å². The predicted molar refractivity (Wildman–Crippen MR) is 90.0 cm³/mol. The molecule has 2 aromatic heterocycles. The van der Waals surface area contributed by atoms with Gasteiger partial charge in [-0.2, -0.15) is 9.78 Å². The molecule has 0 spiro atoms. The van der Waals surface area contributed by atoms with Crippen molar-refractivity contribution in [2.24, 2.45) is 0 Å². The molecule has 0 N–H and O–H groups in total. The fourth-order valence-electron chi connectivity index (χ4n) is 2.57. The van der Waals surface area contributed by atoms with Crippen LogP contribution in [0.15, 0.2) is 47.4 Å². The standard InChI is InChI=1S/C17H13N3OS/c1-10-7-8-11(2)15-14(10)19-17(22-15)20-16(21)13-6-4-3-5-12(13)9-18-20/h3-9H,1-2H3. The lowest BCUT2D eigenvalue weighted by Gasteiger charge is -2.01. The van der Waals surface area contributed by atoms with Gasteiger partial charge in [0.2, 0.25) is 5.13 Å². The molecule has 0 radical (unpaired) electrons. The van der Waals surface area contributed by atoms with Crippen LogP contribution in [0.5, 0.6) is 0 Å². The SMILES string of the molecule is Cc1ccc(C)c2sc(-n3ncc4ccccc4c3=O)nc12. The average molecular weight is 307 g/mol. The fourth-order valence-corrected chi connectivity index (χ4v) is 3.63. The monoisotopic (exact) mass is 307 g/mol. The molecule has 0 saturated carbocycles. The Hall–Kier alpha value is -2.53. The van der Waals surface area contributed by atoms with E-state index in [2.05, 4.69) is 29.1 Å². The second kappa shape index (κ2) is 4.74.